The number of carbonyl (C=O) groups excluding carboxylic acids is 2. The Morgan fingerprint density at radius 2 is 1.91 bits per heavy atom. The fourth-order valence-electron chi connectivity index (χ4n) is 2.96. The van der Waals surface area contributed by atoms with Gasteiger partial charge in [-0.25, -0.2) is 9.67 Å². The number of hydrogen-bond acceptors (Lipinski definition) is 6. The molecule has 0 saturated heterocycles. The first-order valence-electron chi connectivity index (χ1n) is 9.72. The van der Waals surface area contributed by atoms with Gasteiger partial charge in [0.2, 0.25) is 5.91 Å². The van der Waals surface area contributed by atoms with Gasteiger partial charge in [0.15, 0.2) is 0 Å². The minimum atomic E-state index is -0.827. The van der Waals surface area contributed by atoms with E-state index in [9.17, 15) is 19.7 Å². The average molecular weight is 457 g/mol. The Hall–Kier alpha value is -3.79. The molecule has 2 N–H and O–H groups in total. The van der Waals surface area contributed by atoms with Crippen molar-refractivity contribution in [1.82, 2.24) is 25.4 Å². The van der Waals surface area contributed by atoms with E-state index < -0.39 is 16.9 Å². The van der Waals surface area contributed by atoms with Gasteiger partial charge in [-0.15, -0.1) is 0 Å². The largest absolute Gasteiger partial charge is 0.350 e. The van der Waals surface area contributed by atoms with E-state index in [-0.39, 0.29) is 34.6 Å². The number of nitrogens with zero attached hydrogens (tertiary/aromatic N) is 4. The molecule has 0 radical (unpaired) electrons. The lowest BCUT2D eigenvalue weighted by atomic mass is 10.0. The summed E-state index contributed by atoms with van der Waals surface area (Å²) >= 11 is 5.80. The van der Waals surface area contributed by atoms with E-state index in [0.29, 0.717) is 0 Å². The van der Waals surface area contributed by atoms with Gasteiger partial charge in [0.25, 0.3) is 11.6 Å². The molecule has 32 heavy (non-hydrogen) atoms. The maximum atomic E-state index is 12.7. The lowest BCUT2D eigenvalue weighted by Crippen LogP contribution is -2.49. The van der Waals surface area contributed by atoms with E-state index in [0.717, 1.165) is 17.3 Å². The second-order valence-corrected chi connectivity index (χ2v) is 7.75. The second kappa shape index (κ2) is 10.0. The second-order valence-electron chi connectivity index (χ2n) is 7.34. The fraction of sp³-hybridized carbons (Fsp3) is 0.238. The number of nitro groups is 1. The first-order valence-corrected chi connectivity index (χ1v) is 10.1. The predicted octanol–water partition coefficient (Wildman–Crippen LogP) is 2.90. The molecular formula is C21H21ClN6O4. The number of halogens is 1. The molecule has 3 aromatic rings. The number of nitro benzene ring substituents is 1. The van der Waals surface area contributed by atoms with E-state index in [2.05, 4.69) is 20.7 Å². The Labute approximate surface area is 188 Å². The van der Waals surface area contributed by atoms with Crippen LogP contribution >= 0.6 is 11.6 Å². The van der Waals surface area contributed by atoms with Crippen LogP contribution in [0.4, 0.5) is 5.69 Å². The number of amides is 2. The molecule has 0 saturated carbocycles. The number of hydrogen-bond donors (Lipinski definition) is 2. The van der Waals surface area contributed by atoms with Crippen molar-refractivity contribution in [2.24, 2.45) is 5.92 Å². The smallest absolute Gasteiger partial charge is 0.288 e. The minimum absolute atomic E-state index is 0.0447. The molecule has 1 unspecified atom stereocenters. The Bertz CT molecular complexity index is 1120. The highest BCUT2D eigenvalue weighted by Gasteiger charge is 2.25. The van der Waals surface area contributed by atoms with E-state index >= 15 is 0 Å². The standard InChI is InChI=1S/C21H21ClN6O4/c1-13(2)19(26-20(29)15-5-8-17(22)18(9-15)28(31)32)21(30)24-10-14-3-6-16(7-4-14)27-12-23-11-25-27/h3-9,11-13,19H,10H2,1-2H3,(H,24,30)(H,26,29). The number of nitrogens with one attached hydrogen (secondary N) is 2. The molecule has 2 amide bonds. The van der Waals surface area contributed by atoms with Crippen LogP contribution in [0.3, 0.4) is 0 Å². The Kier molecular flexibility index (Phi) is 7.16. The summed E-state index contributed by atoms with van der Waals surface area (Å²) in [6, 6.07) is 10.3. The molecule has 1 heterocycles. The molecule has 166 valence electrons. The summed E-state index contributed by atoms with van der Waals surface area (Å²) in [6.45, 7) is 3.85. The monoisotopic (exact) mass is 456 g/mol. The molecule has 0 spiro atoms. The van der Waals surface area contributed by atoms with Gasteiger partial charge in [-0.05, 0) is 35.7 Å². The Morgan fingerprint density at radius 1 is 1.19 bits per heavy atom. The summed E-state index contributed by atoms with van der Waals surface area (Å²) in [5.41, 5.74) is 1.37. The van der Waals surface area contributed by atoms with Crippen LogP contribution in [0.1, 0.15) is 29.8 Å². The molecule has 0 aliphatic heterocycles. The van der Waals surface area contributed by atoms with E-state index in [1.54, 1.807) is 24.9 Å². The van der Waals surface area contributed by atoms with Crippen LogP contribution in [0.25, 0.3) is 5.69 Å². The molecule has 0 aliphatic rings. The maximum Gasteiger partial charge on any atom is 0.288 e. The van der Waals surface area contributed by atoms with Gasteiger partial charge in [0.05, 0.1) is 10.6 Å². The minimum Gasteiger partial charge on any atom is -0.350 e. The van der Waals surface area contributed by atoms with E-state index in [1.165, 1.54) is 18.5 Å². The fourth-order valence-corrected chi connectivity index (χ4v) is 3.15. The van der Waals surface area contributed by atoms with Crippen molar-refractivity contribution < 1.29 is 14.5 Å². The third kappa shape index (κ3) is 5.46. The van der Waals surface area contributed by atoms with Crippen molar-refractivity contribution in [2.45, 2.75) is 26.4 Å². The van der Waals surface area contributed by atoms with Crippen molar-refractivity contribution in [2.75, 3.05) is 0 Å². The van der Waals surface area contributed by atoms with Gasteiger partial charge in [0.1, 0.15) is 23.7 Å². The van der Waals surface area contributed by atoms with Crippen LogP contribution in [-0.2, 0) is 11.3 Å². The van der Waals surface area contributed by atoms with Crippen LogP contribution in [-0.4, -0.2) is 37.5 Å². The number of benzene rings is 2. The van der Waals surface area contributed by atoms with Gasteiger partial charge < -0.3 is 10.6 Å². The zero-order chi connectivity index (χ0) is 23.3. The predicted molar refractivity (Wildman–Crippen MR) is 117 cm³/mol. The highest BCUT2D eigenvalue weighted by molar-refractivity contribution is 6.32. The lowest BCUT2D eigenvalue weighted by Gasteiger charge is -2.22. The quantitative estimate of drug-likeness (QED) is 0.395. The molecule has 0 bridgehead atoms. The molecule has 0 aliphatic carbocycles. The van der Waals surface area contributed by atoms with E-state index in [4.69, 9.17) is 11.6 Å². The lowest BCUT2D eigenvalue weighted by molar-refractivity contribution is -0.384. The molecule has 3 rings (SSSR count). The molecule has 0 fully saturated rings. The topological polar surface area (TPSA) is 132 Å². The Morgan fingerprint density at radius 3 is 2.50 bits per heavy atom. The molecule has 1 aromatic heterocycles. The molecule has 11 heteroatoms. The highest BCUT2D eigenvalue weighted by atomic mass is 35.5. The van der Waals surface area contributed by atoms with Crippen LogP contribution < -0.4 is 10.6 Å². The summed E-state index contributed by atoms with van der Waals surface area (Å²) < 4.78 is 1.62. The zero-order valence-corrected chi connectivity index (χ0v) is 18.1. The van der Waals surface area contributed by atoms with Gasteiger partial charge in [-0.3, -0.25) is 19.7 Å². The van der Waals surface area contributed by atoms with E-state index in [1.807, 2.05) is 24.3 Å². The normalized spacial score (nSPS) is 11.8. The maximum absolute atomic E-state index is 12.7. The molecule has 10 nitrogen and oxygen atoms in total. The van der Waals surface area contributed by atoms with Crippen LogP contribution in [0.5, 0.6) is 0 Å². The van der Waals surface area contributed by atoms with Gasteiger partial charge in [0, 0.05) is 18.2 Å². The Balaban J connectivity index is 1.64. The third-order valence-electron chi connectivity index (χ3n) is 4.73. The number of carbonyl (C=O) groups is 2. The third-order valence-corrected chi connectivity index (χ3v) is 5.05. The summed E-state index contributed by atoms with van der Waals surface area (Å²) in [5, 5.41) is 20.5. The number of rotatable bonds is 8. The highest BCUT2D eigenvalue weighted by Crippen LogP contribution is 2.25. The molecule has 1 atom stereocenters. The van der Waals surface area contributed by atoms with Gasteiger partial charge in [-0.1, -0.05) is 37.6 Å². The molecule has 2 aromatic carbocycles. The van der Waals surface area contributed by atoms with Gasteiger partial charge >= 0.3 is 0 Å². The first kappa shape index (κ1) is 22.9. The van der Waals surface area contributed by atoms with Crippen molar-refractivity contribution in [3.63, 3.8) is 0 Å². The van der Waals surface area contributed by atoms with Gasteiger partial charge in [-0.2, -0.15) is 5.10 Å². The van der Waals surface area contributed by atoms with Crippen LogP contribution in [0.2, 0.25) is 5.02 Å². The number of aromatic nitrogens is 3. The summed E-state index contributed by atoms with van der Waals surface area (Å²) in [5.74, 6) is -1.18. The van der Waals surface area contributed by atoms with Crippen molar-refractivity contribution in [1.29, 1.82) is 0 Å². The summed E-state index contributed by atoms with van der Waals surface area (Å²) in [4.78, 5) is 39.6. The zero-order valence-electron chi connectivity index (χ0n) is 17.4. The molecular weight excluding hydrogens is 436 g/mol. The summed E-state index contributed by atoms with van der Waals surface area (Å²) in [7, 11) is 0. The van der Waals surface area contributed by atoms with Crippen molar-refractivity contribution >= 4 is 29.1 Å². The van der Waals surface area contributed by atoms with Crippen LogP contribution in [0, 0.1) is 16.0 Å². The average Bonchev–Trinajstić information content (AvgIpc) is 3.31. The van der Waals surface area contributed by atoms with Crippen LogP contribution in [0.15, 0.2) is 55.1 Å². The first-order chi connectivity index (χ1) is 15.3. The summed E-state index contributed by atoms with van der Waals surface area (Å²) in [6.07, 6.45) is 3.03. The SMILES string of the molecule is CC(C)C(NC(=O)c1ccc(Cl)c([N+](=O)[O-])c1)C(=O)NCc1ccc(-n2cncn2)cc1. The van der Waals surface area contributed by atoms with Crippen molar-refractivity contribution in [3.05, 3.63) is 81.4 Å². The van der Waals surface area contributed by atoms with Crippen molar-refractivity contribution in [3.8, 4) is 5.69 Å².